The summed E-state index contributed by atoms with van der Waals surface area (Å²) in [6, 6.07) is 6.04. The normalized spacial score (nSPS) is 18.1. The Morgan fingerprint density at radius 3 is 2.48 bits per heavy atom. The number of carbonyl (C=O) groups is 2. The number of carbonyl (C=O) groups excluding carboxylic acids is 2. The molecule has 1 aromatic carbocycles. The average molecular weight is 424 g/mol. The van der Waals surface area contributed by atoms with Gasteiger partial charge in [-0.3, -0.25) is 0 Å². The lowest BCUT2D eigenvalue weighted by Crippen LogP contribution is -2.39. The number of hydrogen-bond donors (Lipinski definition) is 1. The molecule has 0 radical (unpaired) electrons. The molecular weight excluding hydrogens is 400 g/mol. The average Bonchev–Trinajstić information content (AvgIpc) is 3.24. The molecule has 1 fully saturated rings. The van der Waals surface area contributed by atoms with Crippen LogP contribution in [0, 0.1) is 0 Å². The van der Waals surface area contributed by atoms with Crippen LogP contribution >= 0.6 is 0 Å². The lowest BCUT2D eigenvalue weighted by Gasteiger charge is -2.31. The van der Waals surface area contributed by atoms with Gasteiger partial charge in [-0.25, -0.2) is 22.7 Å². The molecule has 1 aromatic rings. The van der Waals surface area contributed by atoms with E-state index in [0.717, 1.165) is 25.7 Å². The summed E-state index contributed by atoms with van der Waals surface area (Å²) in [6.07, 6.45) is 3.64. The Labute approximate surface area is 169 Å². The molecule has 0 aromatic heterocycles. The van der Waals surface area contributed by atoms with Crippen molar-refractivity contribution < 1.29 is 32.2 Å². The minimum Gasteiger partial charge on any atom is -0.466 e. The van der Waals surface area contributed by atoms with Gasteiger partial charge in [-0.1, -0.05) is 18.9 Å². The van der Waals surface area contributed by atoms with Crippen LogP contribution in [0.5, 0.6) is 0 Å². The van der Waals surface area contributed by atoms with Crippen LogP contribution in [0.15, 0.2) is 40.4 Å². The summed E-state index contributed by atoms with van der Waals surface area (Å²) in [6.45, 7) is -0.167. The summed E-state index contributed by atoms with van der Waals surface area (Å²) in [7, 11) is -1.33. The minimum absolute atomic E-state index is 0.00272. The molecule has 9 nitrogen and oxygen atoms in total. The van der Waals surface area contributed by atoms with Crippen molar-refractivity contribution in [2.45, 2.75) is 36.6 Å². The summed E-state index contributed by atoms with van der Waals surface area (Å²) in [5.74, 6) is -1.46. The molecule has 1 aliphatic carbocycles. The zero-order chi connectivity index (χ0) is 21.0. The highest BCUT2D eigenvalue weighted by molar-refractivity contribution is 7.89. The Hall–Kier alpha value is -2.43. The third kappa shape index (κ3) is 4.60. The maximum Gasteiger partial charge on any atom is 0.355 e. The van der Waals surface area contributed by atoms with Crippen LogP contribution in [-0.2, 0) is 33.8 Å². The van der Waals surface area contributed by atoms with Crippen molar-refractivity contribution in [3.8, 4) is 0 Å². The Kier molecular flexibility index (Phi) is 6.56. The standard InChI is InChI=1S/C19H24N2O7S/c1-26-18(22)16-11-28-12-21(17(16)19(23)27-2)14-8-5-9-15(10-14)29(24,25)20-13-6-3-4-7-13/h5,8-10,13,20H,3-4,6-7,11-12H2,1-2H3. The molecule has 0 atom stereocenters. The van der Waals surface area contributed by atoms with Crippen LogP contribution < -0.4 is 9.62 Å². The van der Waals surface area contributed by atoms with Gasteiger partial charge in [0.15, 0.2) is 0 Å². The molecule has 0 bridgehead atoms. The number of anilines is 1. The molecule has 1 aliphatic heterocycles. The first-order chi connectivity index (χ1) is 13.9. The molecule has 0 saturated heterocycles. The maximum atomic E-state index is 12.8. The van der Waals surface area contributed by atoms with E-state index in [9.17, 15) is 18.0 Å². The maximum absolute atomic E-state index is 12.8. The molecule has 10 heteroatoms. The van der Waals surface area contributed by atoms with Crippen molar-refractivity contribution in [1.82, 2.24) is 4.72 Å². The topological polar surface area (TPSA) is 111 Å². The van der Waals surface area contributed by atoms with Crippen molar-refractivity contribution in [3.63, 3.8) is 0 Å². The highest BCUT2D eigenvalue weighted by atomic mass is 32.2. The molecular formula is C19H24N2O7S. The first kappa shape index (κ1) is 21.3. The number of sulfonamides is 1. The van der Waals surface area contributed by atoms with Crippen molar-refractivity contribution in [2.24, 2.45) is 0 Å². The van der Waals surface area contributed by atoms with E-state index in [0.29, 0.717) is 5.69 Å². The third-order valence-electron chi connectivity index (χ3n) is 4.95. The SMILES string of the molecule is COC(=O)C1=C(C(=O)OC)N(c2cccc(S(=O)(=O)NC3CCCC3)c2)COC1. The van der Waals surface area contributed by atoms with Gasteiger partial charge in [0, 0.05) is 11.7 Å². The largest absolute Gasteiger partial charge is 0.466 e. The first-order valence-corrected chi connectivity index (χ1v) is 10.7. The van der Waals surface area contributed by atoms with Crippen LogP contribution in [0.1, 0.15) is 25.7 Å². The van der Waals surface area contributed by atoms with E-state index in [1.165, 1.54) is 31.3 Å². The van der Waals surface area contributed by atoms with Gasteiger partial charge >= 0.3 is 11.9 Å². The summed E-state index contributed by atoms with van der Waals surface area (Å²) in [5, 5.41) is 0. The van der Waals surface area contributed by atoms with Gasteiger partial charge in [0.1, 0.15) is 12.4 Å². The highest BCUT2D eigenvalue weighted by Crippen LogP contribution is 2.29. The molecule has 158 valence electrons. The van der Waals surface area contributed by atoms with E-state index in [2.05, 4.69) is 4.72 Å². The van der Waals surface area contributed by atoms with Crippen molar-refractivity contribution in [3.05, 3.63) is 35.5 Å². The predicted octanol–water partition coefficient (Wildman–Crippen LogP) is 1.30. The van der Waals surface area contributed by atoms with Crippen LogP contribution in [0.25, 0.3) is 0 Å². The number of hydrogen-bond acceptors (Lipinski definition) is 8. The molecule has 29 heavy (non-hydrogen) atoms. The number of nitrogens with zero attached hydrogens (tertiary/aromatic N) is 1. The third-order valence-corrected chi connectivity index (χ3v) is 6.47. The summed E-state index contributed by atoms with van der Waals surface area (Å²) in [4.78, 5) is 25.9. The fourth-order valence-corrected chi connectivity index (χ4v) is 4.84. The van der Waals surface area contributed by atoms with E-state index in [1.807, 2.05) is 0 Å². The number of nitrogens with one attached hydrogen (secondary N) is 1. The number of esters is 2. The van der Waals surface area contributed by atoms with Gasteiger partial charge in [-0.15, -0.1) is 0 Å². The molecule has 1 saturated carbocycles. The first-order valence-electron chi connectivity index (χ1n) is 9.25. The van der Waals surface area contributed by atoms with Crippen molar-refractivity contribution in [2.75, 3.05) is 32.5 Å². The van der Waals surface area contributed by atoms with E-state index in [1.54, 1.807) is 12.1 Å². The number of methoxy groups -OCH3 is 2. The van der Waals surface area contributed by atoms with Crippen LogP contribution in [-0.4, -0.2) is 54.0 Å². The van der Waals surface area contributed by atoms with Gasteiger partial charge in [0.2, 0.25) is 10.0 Å². The smallest absolute Gasteiger partial charge is 0.355 e. The second kappa shape index (κ2) is 8.93. The monoisotopic (exact) mass is 424 g/mol. The lowest BCUT2D eigenvalue weighted by atomic mass is 10.1. The van der Waals surface area contributed by atoms with Crippen LogP contribution in [0.2, 0.25) is 0 Å². The van der Waals surface area contributed by atoms with Gasteiger partial charge in [-0.2, -0.15) is 0 Å². The molecule has 0 amide bonds. The summed E-state index contributed by atoms with van der Waals surface area (Å²) >= 11 is 0. The number of rotatable bonds is 6. The summed E-state index contributed by atoms with van der Waals surface area (Å²) < 4.78 is 43.3. The fraction of sp³-hybridized carbons (Fsp3) is 0.474. The van der Waals surface area contributed by atoms with Gasteiger partial charge in [0.05, 0.1) is 31.3 Å². The Bertz CT molecular complexity index is 920. The predicted molar refractivity (Wildman–Crippen MR) is 103 cm³/mol. The second-order valence-electron chi connectivity index (χ2n) is 6.82. The molecule has 2 aliphatic rings. The Morgan fingerprint density at radius 2 is 1.83 bits per heavy atom. The Morgan fingerprint density at radius 1 is 1.14 bits per heavy atom. The molecule has 0 unspecified atom stereocenters. The second-order valence-corrected chi connectivity index (χ2v) is 8.53. The van der Waals surface area contributed by atoms with E-state index < -0.39 is 22.0 Å². The van der Waals surface area contributed by atoms with Crippen molar-refractivity contribution >= 4 is 27.6 Å². The number of ether oxygens (including phenoxy) is 3. The lowest BCUT2D eigenvalue weighted by molar-refractivity contribution is -0.140. The quantitative estimate of drug-likeness (QED) is 0.681. The Balaban J connectivity index is 1.98. The van der Waals surface area contributed by atoms with Crippen LogP contribution in [0.3, 0.4) is 0 Å². The molecule has 1 heterocycles. The van der Waals surface area contributed by atoms with E-state index >= 15 is 0 Å². The van der Waals surface area contributed by atoms with Gasteiger partial charge in [-0.05, 0) is 31.0 Å². The molecule has 1 N–H and O–H groups in total. The van der Waals surface area contributed by atoms with Gasteiger partial charge in [0.25, 0.3) is 0 Å². The highest BCUT2D eigenvalue weighted by Gasteiger charge is 2.33. The molecule has 0 spiro atoms. The molecule has 3 rings (SSSR count). The zero-order valence-electron chi connectivity index (χ0n) is 16.3. The number of benzene rings is 1. The van der Waals surface area contributed by atoms with Crippen molar-refractivity contribution in [1.29, 1.82) is 0 Å². The van der Waals surface area contributed by atoms with E-state index in [4.69, 9.17) is 14.2 Å². The van der Waals surface area contributed by atoms with E-state index in [-0.39, 0.29) is 35.5 Å². The summed E-state index contributed by atoms with van der Waals surface area (Å²) in [5.41, 5.74) is 0.340. The zero-order valence-corrected chi connectivity index (χ0v) is 17.2. The van der Waals surface area contributed by atoms with Gasteiger partial charge < -0.3 is 19.1 Å². The minimum atomic E-state index is -3.72. The van der Waals surface area contributed by atoms with Crippen LogP contribution in [0.4, 0.5) is 5.69 Å². The fourth-order valence-electron chi connectivity index (χ4n) is 3.50.